The summed E-state index contributed by atoms with van der Waals surface area (Å²) in [7, 11) is 0. The van der Waals surface area contributed by atoms with Crippen molar-refractivity contribution in [3.05, 3.63) is 40.2 Å². The lowest BCUT2D eigenvalue weighted by Crippen LogP contribution is -1.92. The van der Waals surface area contributed by atoms with Crippen molar-refractivity contribution < 1.29 is 4.74 Å². The third kappa shape index (κ3) is 2.71. The van der Waals surface area contributed by atoms with Gasteiger partial charge in [-0.25, -0.2) is 0 Å². The summed E-state index contributed by atoms with van der Waals surface area (Å²) >= 11 is 2.27. The Morgan fingerprint density at radius 3 is 2.60 bits per heavy atom. The summed E-state index contributed by atoms with van der Waals surface area (Å²) in [6.07, 6.45) is 3.61. The van der Waals surface area contributed by atoms with Crippen LogP contribution in [0.25, 0.3) is 0 Å². The van der Waals surface area contributed by atoms with Crippen molar-refractivity contribution in [3.63, 3.8) is 0 Å². The first-order valence-corrected chi connectivity index (χ1v) is 5.81. The number of aromatic nitrogens is 2. The van der Waals surface area contributed by atoms with Crippen LogP contribution in [-0.4, -0.2) is 9.78 Å². The molecular formula is C11H11IN2O. The molecule has 0 atom stereocenters. The fourth-order valence-corrected chi connectivity index (χ4v) is 1.57. The van der Waals surface area contributed by atoms with Gasteiger partial charge in [-0.1, -0.05) is 0 Å². The van der Waals surface area contributed by atoms with Gasteiger partial charge < -0.3 is 4.74 Å². The summed E-state index contributed by atoms with van der Waals surface area (Å²) in [5.74, 6) is 1.61. The smallest absolute Gasteiger partial charge is 0.165 e. The van der Waals surface area contributed by atoms with Crippen molar-refractivity contribution in [1.82, 2.24) is 9.78 Å². The second kappa shape index (κ2) is 4.65. The Morgan fingerprint density at radius 2 is 2.00 bits per heavy atom. The van der Waals surface area contributed by atoms with Gasteiger partial charge in [0.15, 0.2) is 5.75 Å². The summed E-state index contributed by atoms with van der Waals surface area (Å²) in [4.78, 5) is 0. The van der Waals surface area contributed by atoms with Crippen molar-refractivity contribution >= 4 is 22.6 Å². The molecule has 0 aliphatic carbocycles. The van der Waals surface area contributed by atoms with Gasteiger partial charge in [-0.15, -0.1) is 0 Å². The van der Waals surface area contributed by atoms with Crippen LogP contribution in [0.3, 0.4) is 0 Å². The molecule has 0 aliphatic rings. The van der Waals surface area contributed by atoms with Gasteiger partial charge in [-0.3, -0.25) is 4.68 Å². The summed E-state index contributed by atoms with van der Waals surface area (Å²) in [6, 6.07) is 7.93. The monoisotopic (exact) mass is 314 g/mol. The predicted octanol–water partition coefficient (Wildman–Crippen LogP) is 3.30. The van der Waals surface area contributed by atoms with Crippen molar-refractivity contribution in [1.29, 1.82) is 0 Å². The molecule has 0 radical (unpaired) electrons. The minimum Gasteiger partial charge on any atom is -0.454 e. The van der Waals surface area contributed by atoms with Crippen molar-refractivity contribution in [2.45, 2.75) is 13.5 Å². The predicted molar refractivity (Wildman–Crippen MR) is 67.1 cm³/mol. The Kier molecular flexibility index (Phi) is 3.25. The highest BCUT2D eigenvalue weighted by atomic mass is 127. The molecule has 2 aromatic rings. The number of hydrogen-bond acceptors (Lipinski definition) is 2. The largest absolute Gasteiger partial charge is 0.454 e. The van der Waals surface area contributed by atoms with Crippen LogP contribution in [0, 0.1) is 3.57 Å². The standard InChI is InChI=1S/C11H11IN2O/c1-2-14-8-11(7-13-14)15-10-5-3-9(12)4-6-10/h3-8H,2H2,1H3. The van der Waals surface area contributed by atoms with E-state index in [2.05, 4.69) is 27.7 Å². The number of nitrogens with zero attached hydrogens (tertiary/aromatic N) is 2. The SMILES string of the molecule is CCn1cc(Oc2ccc(I)cc2)cn1. The molecule has 1 heterocycles. The van der Waals surface area contributed by atoms with Gasteiger partial charge in [0.05, 0.1) is 12.4 Å². The lowest BCUT2D eigenvalue weighted by Gasteiger charge is -2.01. The molecule has 0 fully saturated rings. The quantitative estimate of drug-likeness (QED) is 0.813. The molecule has 0 saturated heterocycles. The molecule has 1 aromatic carbocycles. The minimum absolute atomic E-state index is 0.776. The average molecular weight is 314 g/mol. The lowest BCUT2D eigenvalue weighted by molar-refractivity contribution is 0.481. The number of ether oxygens (including phenoxy) is 1. The topological polar surface area (TPSA) is 27.1 Å². The van der Waals surface area contributed by atoms with Crippen molar-refractivity contribution in [3.8, 4) is 11.5 Å². The van der Waals surface area contributed by atoms with Crippen molar-refractivity contribution in [2.24, 2.45) is 0 Å². The summed E-state index contributed by atoms with van der Waals surface area (Å²) in [6.45, 7) is 2.90. The van der Waals surface area contributed by atoms with Crippen LogP contribution in [0.2, 0.25) is 0 Å². The zero-order valence-corrected chi connectivity index (χ0v) is 10.5. The van der Waals surface area contributed by atoms with Crippen LogP contribution in [0.15, 0.2) is 36.7 Å². The molecule has 0 N–H and O–H groups in total. The van der Waals surface area contributed by atoms with E-state index in [0.717, 1.165) is 18.0 Å². The molecule has 15 heavy (non-hydrogen) atoms. The number of rotatable bonds is 3. The van der Waals surface area contributed by atoms with E-state index in [1.165, 1.54) is 3.57 Å². The van der Waals surface area contributed by atoms with Crippen LogP contribution in [0.1, 0.15) is 6.92 Å². The minimum atomic E-state index is 0.776. The van der Waals surface area contributed by atoms with E-state index in [4.69, 9.17) is 4.74 Å². The van der Waals surface area contributed by atoms with E-state index in [9.17, 15) is 0 Å². The molecule has 0 saturated carbocycles. The van der Waals surface area contributed by atoms with Crippen LogP contribution < -0.4 is 4.74 Å². The van der Waals surface area contributed by atoms with Gasteiger partial charge in [-0.05, 0) is 53.8 Å². The number of hydrogen-bond donors (Lipinski definition) is 0. The van der Waals surface area contributed by atoms with E-state index in [-0.39, 0.29) is 0 Å². The first-order valence-electron chi connectivity index (χ1n) is 4.74. The third-order valence-corrected chi connectivity index (χ3v) is 2.70. The molecule has 2 rings (SSSR count). The molecule has 0 aliphatic heterocycles. The number of halogens is 1. The Balaban J connectivity index is 2.11. The first-order chi connectivity index (χ1) is 7.28. The van der Waals surface area contributed by atoms with Crippen LogP contribution in [0.4, 0.5) is 0 Å². The van der Waals surface area contributed by atoms with Crippen LogP contribution >= 0.6 is 22.6 Å². The van der Waals surface area contributed by atoms with E-state index in [0.29, 0.717) is 0 Å². The maximum Gasteiger partial charge on any atom is 0.165 e. The fraction of sp³-hybridized carbons (Fsp3) is 0.182. The molecule has 78 valence electrons. The number of aryl methyl sites for hydroxylation is 1. The molecule has 3 nitrogen and oxygen atoms in total. The van der Waals surface area contributed by atoms with E-state index >= 15 is 0 Å². The molecule has 0 bridgehead atoms. The van der Waals surface area contributed by atoms with Gasteiger partial charge in [0.2, 0.25) is 0 Å². The first kappa shape index (κ1) is 10.5. The Labute approximate surface area is 102 Å². The van der Waals surface area contributed by atoms with E-state index in [1.807, 2.05) is 42.1 Å². The fourth-order valence-electron chi connectivity index (χ4n) is 1.21. The maximum atomic E-state index is 5.63. The maximum absolute atomic E-state index is 5.63. The van der Waals surface area contributed by atoms with E-state index < -0.39 is 0 Å². The average Bonchev–Trinajstić information content (AvgIpc) is 2.69. The lowest BCUT2D eigenvalue weighted by atomic mass is 10.3. The third-order valence-electron chi connectivity index (χ3n) is 1.98. The molecule has 4 heteroatoms. The van der Waals surface area contributed by atoms with Crippen LogP contribution in [0.5, 0.6) is 11.5 Å². The summed E-state index contributed by atoms with van der Waals surface area (Å²) < 4.78 is 8.66. The highest BCUT2D eigenvalue weighted by Gasteiger charge is 1.99. The second-order valence-electron chi connectivity index (χ2n) is 3.09. The molecule has 0 unspecified atom stereocenters. The molecular weight excluding hydrogens is 303 g/mol. The van der Waals surface area contributed by atoms with Crippen molar-refractivity contribution in [2.75, 3.05) is 0 Å². The van der Waals surface area contributed by atoms with Gasteiger partial charge in [0, 0.05) is 10.1 Å². The molecule has 0 amide bonds. The van der Waals surface area contributed by atoms with E-state index in [1.54, 1.807) is 6.20 Å². The highest BCUT2D eigenvalue weighted by molar-refractivity contribution is 14.1. The molecule has 0 spiro atoms. The Hall–Kier alpha value is -1.04. The van der Waals surface area contributed by atoms with Gasteiger partial charge in [0.1, 0.15) is 5.75 Å². The number of benzene rings is 1. The Morgan fingerprint density at radius 1 is 1.27 bits per heavy atom. The summed E-state index contributed by atoms with van der Waals surface area (Å²) in [5, 5.41) is 4.14. The van der Waals surface area contributed by atoms with Gasteiger partial charge >= 0.3 is 0 Å². The zero-order chi connectivity index (χ0) is 10.7. The highest BCUT2D eigenvalue weighted by Crippen LogP contribution is 2.21. The Bertz CT molecular complexity index is 436. The summed E-state index contributed by atoms with van der Waals surface area (Å²) in [5.41, 5.74) is 0. The normalized spacial score (nSPS) is 10.3. The second-order valence-corrected chi connectivity index (χ2v) is 4.33. The zero-order valence-electron chi connectivity index (χ0n) is 8.35. The van der Waals surface area contributed by atoms with Crippen LogP contribution in [-0.2, 0) is 6.54 Å². The van der Waals surface area contributed by atoms with Gasteiger partial charge in [0.25, 0.3) is 0 Å². The molecule has 1 aromatic heterocycles. The van der Waals surface area contributed by atoms with Gasteiger partial charge in [-0.2, -0.15) is 5.10 Å².